The lowest BCUT2D eigenvalue weighted by Crippen LogP contribution is -2.18. The maximum Gasteiger partial charge on any atom is 0.271 e. The first kappa shape index (κ1) is 24.0. The predicted molar refractivity (Wildman–Crippen MR) is 116 cm³/mol. The summed E-state index contributed by atoms with van der Waals surface area (Å²) in [5, 5.41) is 8.77. The Balaban J connectivity index is 0.000000749. The number of nitrogens with zero attached hydrogens (tertiary/aromatic N) is 2. The fourth-order valence-electron chi connectivity index (χ4n) is 2.36. The molecule has 0 radical (unpaired) electrons. The van der Waals surface area contributed by atoms with Crippen molar-refractivity contribution in [3.05, 3.63) is 46.9 Å². The van der Waals surface area contributed by atoms with Gasteiger partial charge in [-0.05, 0) is 44.5 Å². The normalized spacial score (nSPS) is 10.1. The van der Waals surface area contributed by atoms with Gasteiger partial charge in [-0.2, -0.15) is 0 Å². The number of carbonyl (C=O) groups is 2. The Kier molecular flexibility index (Phi) is 10.3. The van der Waals surface area contributed by atoms with Crippen molar-refractivity contribution in [3.63, 3.8) is 0 Å². The van der Waals surface area contributed by atoms with E-state index in [2.05, 4.69) is 39.8 Å². The van der Waals surface area contributed by atoms with Crippen LogP contribution in [0.4, 0.5) is 11.5 Å². The molecule has 0 saturated carbocycles. The van der Waals surface area contributed by atoms with Gasteiger partial charge in [0.1, 0.15) is 0 Å². The molecule has 158 valence electrons. The number of aromatic nitrogens is 2. The minimum atomic E-state index is -0.619. The molecule has 1 heterocycles. The summed E-state index contributed by atoms with van der Waals surface area (Å²) in [4.78, 5) is 30.7. The van der Waals surface area contributed by atoms with E-state index in [1.807, 2.05) is 45.2 Å². The van der Waals surface area contributed by atoms with Crippen LogP contribution in [0.5, 0.6) is 0 Å². The molecule has 29 heavy (non-hydrogen) atoms. The third-order valence-corrected chi connectivity index (χ3v) is 4.14. The number of rotatable bonds is 9. The molecule has 2 amide bonds. The molecule has 8 heteroatoms. The first-order valence-electron chi connectivity index (χ1n) is 9.69. The van der Waals surface area contributed by atoms with Crippen molar-refractivity contribution in [1.29, 1.82) is 0 Å². The standard InChI is InChI=1S/C17H21N5O2.C4H11N/c1-3-14-11(2)20-17(15(22-14)16(18)24)21-13-6-4-5-12(9-13)7-8-19-10-23;1-4(2)5-3/h4-6,9-10H,3,7-8H2,1-2H3,(H2,18,24)(H,19,23)(H,20,21);4-5H,1-3H3. The molecule has 0 spiro atoms. The van der Waals surface area contributed by atoms with Crippen molar-refractivity contribution in [2.24, 2.45) is 5.73 Å². The van der Waals surface area contributed by atoms with Gasteiger partial charge in [-0.3, -0.25) is 9.59 Å². The number of nitrogens with one attached hydrogen (secondary N) is 3. The average Bonchev–Trinajstić information content (AvgIpc) is 2.69. The van der Waals surface area contributed by atoms with E-state index in [0.717, 1.165) is 22.6 Å². The fraction of sp³-hybridized carbons (Fsp3) is 0.429. The largest absolute Gasteiger partial charge is 0.364 e. The van der Waals surface area contributed by atoms with E-state index in [4.69, 9.17) is 5.73 Å². The van der Waals surface area contributed by atoms with Crippen LogP contribution in [0.1, 0.15) is 48.2 Å². The van der Waals surface area contributed by atoms with Crippen molar-refractivity contribution in [3.8, 4) is 0 Å². The van der Waals surface area contributed by atoms with Crippen molar-refractivity contribution in [1.82, 2.24) is 20.6 Å². The fourth-order valence-corrected chi connectivity index (χ4v) is 2.36. The van der Waals surface area contributed by atoms with Gasteiger partial charge in [0.2, 0.25) is 6.41 Å². The van der Waals surface area contributed by atoms with Crippen LogP contribution in [-0.2, 0) is 17.6 Å². The highest BCUT2D eigenvalue weighted by Crippen LogP contribution is 2.20. The monoisotopic (exact) mass is 400 g/mol. The Bertz CT molecular complexity index is 808. The highest BCUT2D eigenvalue weighted by Gasteiger charge is 2.15. The molecule has 0 aliphatic carbocycles. The zero-order valence-corrected chi connectivity index (χ0v) is 17.9. The summed E-state index contributed by atoms with van der Waals surface area (Å²) >= 11 is 0. The smallest absolute Gasteiger partial charge is 0.271 e. The van der Waals surface area contributed by atoms with Gasteiger partial charge < -0.3 is 21.7 Å². The number of aryl methyl sites for hydroxylation is 2. The van der Waals surface area contributed by atoms with Gasteiger partial charge in [-0.15, -0.1) is 0 Å². The van der Waals surface area contributed by atoms with Crippen LogP contribution in [0.15, 0.2) is 24.3 Å². The minimum absolute atomic E-state index is 0.130. The Hall–Kier alpha value is -3.00. The van der Waals surface area contributed by atoms with E-state index in [9.17, 15) is 9.59 Å². The predicted octanol–water partition coefficient (Wildman–Crippen LogP) is 2.09. The van der Waals surface area contributed by atoms with Gasteiger partial charge in [0.05, 0.1) is 11.4 Å². The van der Waals surface area contributed by atoms with Gasteiger partial charge in [-0.25, -0.2) is 9.97 Å². The van der Waals surface area contributed by atoms with E-state index in [1.54, 1.807) is 0 Å². The van der Waals surface area contributed by atoms with Crippen molar-refractivity contribution in [2.75, 3.05) is 18.9 Å². The van der Waals surface area contributed by atoms with Gasteiger partial charge >= 0.3 is 0 Å². The molecule has 2 aromatic rings. The van der Waals surface area contributed by atoms with E-state index in [-0.39, 0.29) is 5.69 Å². The highest BCUT2D eigenvalue weighted by atomic mass is 16.1. The minimum Gasteiger partial charge on any atom is -0.364 e. The SMILES string of the molecule is CCc1nc(C(N)=O)c(Nc2cccc(CCNC=O)c2)nc1C.CNC(C)C. The summed E-state index contributed by atoms with van der Waals surface area (Å²) in [5.74, 6) is -0.272. The van der Waals surface area contributed by atoms with Crippen LogP contribution in [0, 0.1) is 6.92 Å². The van der Waals surface area contributed by atoms with Crippen LogP contribution in [-0.4, -0.2) is 41.9 Å². The summed E-state index contributed by atoms with van der Waals surface area (Å²) in [5.41, 5.74) is 8.90. The first-order chi connectivity index (χ1) is 13.8. The van der Waals surface area contributed by atoms with E-state index in [0.29, 0.717) is 37.7 Å². The topological polar surface area (TPSA) is 122 Å². The third kappa shape index (κ3) is 8.27. The summed E-state index contributed by atoms with van der Waals surface area (Å²) in [6.45, 7) is 8.58. The summed E-state index contributed by atoms with van der Waals surface area (Å²) < 4.78 is 0. The van der Waals surface area contributed by atoms with Crippen LogP contribution in [0.25, 0.3) is 0 Å². The number of anilines is 2. The zero-order chi connectivity index (χ0) is 21.8. The number of amides is 2. The van der Waals surface area contributed by atoms with Gasteiger partial charge in [-0.1, -0.05) is 32.9 Å². The highest BCUT2D eigenvalue weighted by molar-refractivity contribution is 5.96. The molecule has 0 bridgehead atoms. The Morgan fingerprint density at radius 1 is 1.28 bits per heavy atom. The van der Waals surface area contributed by atoms with E-state index in [1.165, 1.54) is 0 Å². The van der Waals surface area contributed by atoms with Gasteiger partial charge in [0.15, 0.2) is 11.5 Å². The number of hydrogen-bond acceptors (Lipinski definition) is 6. The average molecular weight is 401 g/mol. The maximum atomic E-state index is 11.7. The lowest BCUT2D eigenvalue weighted by Gasteiger charge is -2.12. The zero-order valence-electron chi connectivity index (χ0n) is 17.9. The maximum absolute atomic E-state index is 11.7. The Morgan fingerprint density at radius 2 is 1.97 bits per heavy atom. The molecule has 0 unspecified atom stereocenters. The molecule has 0 fully saturated rings. The lowest BCUT2D eigenvalue weighted by atomic mass is 10.1. The summed E-state index contributed by atoms with van der Waals surface area (Å²) in [7, 11) is 1.95. The molecular weight excluding hydrogens is 368 g/mol. The van der Waals surface area contributed by atoms with Gasteiger partial charge in [0, 0.05) is 18.3 Å². The molecule has 8 nitrogen and oxygen atoms in total. The molecule has 2 rings (SSSR count). The number of primary amides is 1. The van der Waals surface area contributed by atoms with Crippen LogP contribution < -0.4 is 21.7 Å². The molecular formula is C21H32N6O2. The second kappa shape index (κ2) is 12.5. The second-order valence-electron chi connectivity index (χ2n) is 6.76. The van der Waals surface area contributed by atoms with Crippen molar-refractivity contribution in [2.45, 2.75) is 46.6 Å². The molecule has 5 N–H and O–H groups in total. The van der Waals surface area contributed by atoms with Crippen molar-refractivity contribution >= 4 is 23.8 Å². The summed E-state index contributed by atoms with van der Waals surface area (Å²) in [6.07, 6.45) is 2.06. The number of nitrogens with two attached hydrogens (primary N) is 1. The summed E-state index contributed by atoms with van der Waals surface area (Å²) in [6, 6.07) is 8.29. The molecule has 0 aliphatic heterocycles. The molecule has 1 aromatic heterocycles. The first-order valence-corrected chi connectivity index (χ1v) is 9.69. The quantitative estimate of drug-likeness (QED) is 0.378. The molecule has 0 aliphatic rings. The molecule has 0 saturated heterocycles. The Labute approximate surface area is 172 Å². The van der Waals surface area contributed by atoms with E-state index < -0.39 is 5.91 Å². The Morgan fingerprint density at radius 3 is 2.52 bits per heavy atom. The van der Waals surface area contributed by atoms with Crippen LogP contribution in [0.2, 0.25) is 0 Å². The lowest BCUT2D eigenvalue weighted by molar-refractivity contribution is -0.109. The third-order valence-electron chi connectivity index (χ3n) is 4.14. The number of benzene rings is 1. The van der Waals surface area contributed by atoms with Crippen LogP contribution >= 0.6 is 0 Å². The number of carbonyl (C=O) groups excluding carboxylic acids is 2. The molecule has 0 atom stereocenters. The molecule has 1 aromatic carbocycles. The number of hydrogen-bond donors (Lipinski definition) is 4. The second-order valence-corrected chi connectivity index (χ2v) is 6.76. The van der Waals surface area contributed by atoms with Gasteiger partial charge in [0.25, 0.3) is 5.91 Å². The van der Waals surface area contributed by atoms with Crippen molar-refractivity contribution < 1.29 is 9.59 Å². The van der Waals surface area contributed by atoms with E-state index >= 15 is 0 Å². The van der Waals surface area contributed by atoms with Crippen LogP contribution in [0.3, 0.4) is 0 Å².